The van der Waals surface area contributed by atoms with Gasteiger partial charge in [0.1, 0.15) is 5.82 Å². The van der Waals surface area contributed by atoms with Crippen molar-refractivity contribution in [2.24, 2.45) is 0 Å². The second-order valence-electron chi connectivity index (χ2n) is 4.14. The number of nitrogens with zero attached hydrogens (tertiary/aromatic N) is 1. The van der Waals surface area contributed by atoms with E-state index >= 15 is 0 Å². The largest absolute Gasteiger partial charge is 0.397 e. The maximum absolute atomic E-state index is 5.67. The van der Waals surface area contributed by atoms with Crippen molar-refractivity contribution < 1.29 is 0 Å². The molecule has 0 atom stereocenters. The van der Waals surface area contributed by atoms with E-state index < -0.39 is 0 Å². The average molecular weight is 259 g/mol. The second kappa shape index (κ2) is 5.78. The molecule has 0 aliphatic carbocycles. The summed E-state index contributed by atoms with van der Waals surface area (Å²) in [5.41, 5.74) is 8.68. The predicted octanol–water partition coefficient (Wildman–Crippen LogP) is 3.31. The van der Waals surface area contributed by atoms with Crippen molar-refractivity contribution >= 4 is 23.3 Å². The number of rotatable bonds is 4. The Kier molecular flexibility index (Phi) is 4.10. The lowest BCUT2D eigenvalue weighted by molar-refractivity contribution is 1.09. The van der Waals surface area contributed by atoms with E-state index in [0.29, 0.717) is 5.69 Å². The SMILES string of the molecule is CSc1ccc(CNc2ncc(N)cc2C)cc1. The predicted molar refractivity (Wildman–Crippen MR) is 78.9 cm³/mol. The molecule has 0 aliphatic rings. The minimum Gasteiger partial charge on any atom is -0.397 e. The van der Waals surface area contributed by atoms with Gasteiger partial charge in [0.05, 0.1) is 11.9 Å². The number of pyridine rings is 1. The molecule has 18 heavy (non-hydrogen) atoms. The molecule has 0 saturated heterocycles. The van der Waals surface area contributed by atoms with Gasteiger partial charge >= 0.3 is 0 Å². The molecule has 0 amide bonds. The number of anilines is 2. The van der Waals surface area contributed by atoms with Gasteiger partial charge in [-0.05, 0) is 42.5 Å². The third kappa shape index (κ3) is 3.17. The van der Waals surface area contributed by atoms with E-state index in [1.807, 2.05) is 13.0 Å². The molecular formula is C14H17N3S. The molecular weight excluding hydrogens is 242 g/mol. The Labute approximate surface area is 112 Å². The van der Waals surface area contributed by atoms with Crippen molar-refractivity contribution in [1.82, 2.24) is 4.98 Å². The van der Waals surface area contributed by atoms with E-state index in [1.165, 1.54) is 10.5 Å². The molecule has 0 saturated carbocycles. The van der Waals surface area contributed by atoms with Crippen LogP contribution in [0.2, 0.25) is 0 Å². The summed E-state index contributed by atoms with van der Waals surface area (Å²) in [4.78, 5) is 5.56. The first kappa shape index (κ1) is 12.8. The van der Waals surface area contributed by atoms with Crippen molar-refractivity contribution in [2.45, 2.75) is 18.4 Å². The lowest BCUT2D eigenvalue weighted by Crippen LogP contribution is -2.03. The molecule has 0 fully saturated rings. The summed E-state index contributed by atoms with van der Waals surface area (Å²) in [5, 5.41) is 3.32. The Balaban J connectivity index is 2.02. The summed E-state index contributed by atoms with van der Waals surface area (Å²) in [5.74, 6) is 0.887. The summed E-state index contributed by atoms with van der Waals surface area (Å²) in [7, 11) is 0. The van der Waals surface area contributed by atoms with Gasteiger partial charge < -0.3 is 11.1 Å². The number of nitrogens with one attached hydrogen (secondary N) is 1. The van der Waals surface area contributed by atoms with Crippen LogP contribution in [0.4, 0.5) is 11.5 Å². The molecule has 4 heteroatoms. The maximum Gasteiger partial charge on any atom is 0.129 e. The monoisotopic (exact) mass is 259 g/mol. The van der Waals surface area contributed by atoms with Crippen molar-refractivity contribution in [3.05, 3.63) is 47.7 Å². The molecule has 3 nitrogen and oxygen atoms in total. The van der Waals surface area contributed by atoms with E-state index in [9.17, 15) is 0 Å². The van der Waals surface area contributed by atoms with E-state index in [4.69, 9.17) is 5.73 Å². The molecule has 0 bridgehead atoms. The van der Waals surface area contributed by atoms with Crippen LogP contribution in [0.1, 0.15) is 11.1 Å². The molecule has 1 aromatic heterocycles. The first-order chi connectivity index (χ1) is 8.69. The van der Waals surface area contributed by atoms with Gasteiger partial charge in [-0.1, -0.05) is 12.1 Å². The van der Waals surface area contributed by atoms with E-state index in [-0.39, 0.29) is 0 Å². The molecule has 0 radical (unpaired) electrons. The zero-order chi connectivity index (χ0) is 13.0. The van der Waals surface area contributed by atoms with Gasteiger partial charge in [0.2, 0.25) is 0 Å². The summed E-state index contributed by atoms with van der Waals surface area (Å²) >= 11 is 1.75. The first-order valence-electron chi connectivity index (χ1n) is 5.78. The smallest absolute Gasteiger partial charge is 0.129 e. The highest BCUT2D eigenvalue weighted by atomic mass is 32.2. The zero-order valence-corrected chi connectivity index (χ0v) is 11.4. The van der Waals surface area contributed by atoms with E-state index in [2.05, 4.69) is 40.8 Å². The number of nitrogen functional groups attached to an aromatic ring is 1. The highest BCUT2D eigenvalue weighted by Crippen LogP contribution is 2.17. The normalized spacial score (nSPS) is 10.3. The second-order valence-corrected chi connectivity index (χ2v) is 5.02. The Morgan fingerprint density at radius 1 is 1.28 bits per heavy atom. The van der Waals surface area contributed by atoms with Crippen LogP contribution in [0.25, 0.3) is 0 Å². The van der Waals surface area contributed by atoms with Crippen LogP contribution < -0.4 is 11.1 Å². The summed E-state index contributed by atoms with van der Waals surface area (Å²) in [6.07, 6.45) is 3.75. The summed E-state index contributed by atoms with van der Waals surface area (Å²) in [6, 6.07) is 10.4. The Morgan fingerprint density at radius 3 is 2.61 bits per heavy atom. The highest BCUT2D eigenvalue weighted by Gasteiger charge is 2.00. The Hall–Kier alpha value is -1.68. The lowest BCUT2D eigenvalue weighted by Gasteiger charge is -2.09. The molecule has 0 unspecified atom stereocenters. The van der Waals surface area contributed by atoms with Crippen molar-refractivity contribution in [1.29, 1.82) is 0 Å². The fraction of sp³-hybridized carbons (Fsp3) is 0.214. The van der Waals surface area contributed by atoms with Gasteiger partial charge in [0.15, 0.2) is 0 Å². The fourth-order valence-electron chi connectivity index (χ4n) is 1.71. The molecule has 2 aromatic rings. The Bertz CT molecular complexity index is 523. The zero-order valence-electron chi connectivity index (χ0n) is 10.6. The van der Waals surface area contributed by atoms with Crippen LogP contribution in [-0.2, 0) is 6.54 Å². The quantitative estimate of drug-likeness (QED) is 0.827. The van der Waals surface area contributed by atoms with Gasteiger partial charge in [-0.3, -0.25) is 0 Å². The number of nitrogens with two attached hydrogens (primary N) is 1. The van der Waals surface area contributed by atoms with Crippen molar-refractivity contribution in [3.63, 3.8) is 0 Å². The standard InChI is InChI=1S/C14H17N3S/c1-10-7-12(15)9-17-14(10)16-8-11-3-5-13(18-2)6-4-11/h3-7,9H,8,15H2,1-2H3,(H,16,17). The fourth-order valence-corrected chi connectivity index (χ4v) is 2.12. The minimum absolute atomic E-state index is 0.697. The van der Waals surface area contributed by atoms with E-state index in [0.717, 1.165) is 17.9 Å². The van der Waals surface area contributed by atoms with Gasteiger partial charge in [-0.15, -0.1) is 11.8 Å². The number of aryl methyl sites for hydroxylation is 1. The number of benzene rings is 1. The maximum atomic E-state index is 5.67. The van der Waals surface area contributed by atoms with Gasteiger partial charge in [0.25, 0.3) is 0 Å². The Morgan fingerprint density at radius 2 is 2.00 bits per heavy atom. The van der Waals surface area contributed by atoms with Crippen LogP contribution in [0.15, 0.2) is 41.4 Å². The summed E-state index contributed by atoms with van der Waals surface area (Å²) in [6.45, 7) is 2.77. The van der Waals surface area contributed by atoms with Crippen LogP contribution >= 0.6 is 11.8 Å². The summed E-state index contributed by atoms with van der Waals surface area (Å²) < 4.78 is 0. The van der Waals surface area contributed by atoms with Crippen molar-refractivity contribution in [3.8, 4) is 0 Å². The van der Waals surface area contributed by atoms with Crippen LogP contribution in [0.5, 0.6) is 0 Å². The van der Waals surface area contributed by atoms with Gasteiger partial charge in [-0.25, -0.2) is 4.98 Å². The molecule has 94 valence electrons. The topological polar surface area (TPSA) is 50.9 Å². The third-order valence-electron chi connectivity index (χ3n) is 2.72. The van der Waals surface area contributed by atoms with Crippen LogP contribution in [0.3, 0.4) is 0 Å². The average Bonchev–Trinajstić information content (AvgIpc) is 2.38. The van der Waals surface area contributed by atoms with Gasteiger partial charge in [-0.2, -0.15) is 0 Å². The highest BCUT2D eigenvalue weighted by molar-refractivity contribution is 7.98. The number of aromatic nitrogens is 1. The van der Waals surface area contributed by atoms with Crippen LogP contribution in [-0.4, -0.2) is 11.2 Å². The molecule has 1 aromatic carbocycles. The number of hydrogen-bond acceptors (Lipinski definition) is 4. The molecule has 3 N–H and O–H groups in total. The lowest BCUT2D eigenvalue weighted by atomic mass is 10.2. The van der Waals surface area contributed by atoms with E-state index in [1.54, 1.807) is 18.0 Å². The van der Waals surface area contributed by atoms with Gasteiger partial charge in [0, 0.05) is 11.4 Å². The number of hydrogen-bond donors (Lipinski definition) is 2. The first-order valence-corrected chi connectivity index (χ1v) is 7.00. The number of thioether (sulfide) groups is 1. The van der Waals surface area contributed by atoms with Crippen molar-refractivity contribution in [2.75, 3.05) is 17.3 Å². The minimum atomic E-state index is 0.697. The molecule has 0 spiro atoms. The molecule has 1 heterocycles. The van der Waals surface area contributed by atoms with Crippen LogP contribution in [0, 0.1) is 6.92 Å². The third-order valence-corrected chi connectivity index (χ3v) is 3.46. The molecule has 2 rings (SSSR count). The molecule has 0 aliphatic heterocycles.